The van der Waals surface area contributed by atoms with Gasteiger partial charge >= 0.3 is 5.69 Å². The quantitative estimate of drug-likeness (QED) is 0.558. The second-order valence-corrected chi connectivity index (χ2v) is 7.69. The number of fused-ring (bicyclic) bond motifs is 2. The highest BCUT2D eigenvalue weighted by Crippen LogP contribution is 2.18. The maximum atomic E-state index is 12.7. The minimum atomic E-state index is -3.76. The zero-order chi connectivity index (χ0) is 18.5. The van der Waals surface area contributed by atoms with E-state index in [0.717, 1.165) is 0 Å². The van der Waals surface area contributed by atoms with Crippen LogP contribution in [0.25, 0.3) is 16.7 Å². The van der Waals surface area contributed by atoms with E-state index in [2.05, 4.69) is 14.8 Å². The fourth-order valence-corrected chi connectivity index (χ4v) is 3.96. The van der Waals surface area contributed by atoms with Gasteiger partial charge in [0, 0.05) is 14.1 Å². The number of hydrogen-bond donors (Lipinski definition) is 1. The predicted molar refractivity (Wildman–Crippen MR) is 95.2 cm³/mol. The molecule has 10 heteroatoms. The fraction of sp³-hybridized carbons (Fsp3) is 0.188. The van der Waals surface area contributed by atoms with Crippen LogP contribution >= 0.6 is 0 Å². The smallest absolute Gasteiger partial charge is 0.295 e. The molecule has 3 aromatic heterocycles. The number of aromatic nitrogens is 5. The van der Waals surface area contributed by atoms with Gasteiger partial charge in [0.2, 0.25) is 10.0 Å². The fourth-order valence-electron chi connectivity index (χ4n) is 2.94. The molecule has 0 unspecified atom stereocenters. The van der Waals surface area contributed by atoms with Crippen molar-refractivity contribution >= 4 is 26.7 Å². The lowest BCUT2D eigenvalue weighted by atomic mass is 10.3. The molecular formula is C16H16N6O3S. The Morgan fingerprint density at radius 3 is 2.65 bits per heavy atom. The van der Waals surface area contributed by atoms with Crippen molar-refractivity contribution in [3.8, 4) is 0 Å². The van der Waals surface area contributed by atoms with Crippen LogP contribution in [0, 0.1) is 0 Å². The maximum Gasteiger partial charge on any atom is 0.328 e. The molecule has 1 aromatic carbocycles. The Morgan fingerprint density at radius 1 is 1.08 bits per heavy atom. The first kappa shape index (κ1) is 16.5. The van der Waals surface area contributed by atoms with Crippen LogP contribution in [0.2, 0.25) is 0 Å². The lowest BCUT2D eigenvalue weighted by Crippen LogP contribution is -2.24. The Hall–Kier alpha value is -2.98. The van der Waals surface area contributed by atoms with Crippen molar-refractivity contribution in [2.45, 2.75) is 11.4 Å². The van der Waals surface area contributed by atoms with E-state index < -0.39 is 10.0 Å². The first-order valence-corrected chi connectivity index (χ1v) is 9.29. The van der Waals surface area contributed by atoms with Crippen molar-refractivity contribution in [1.29, 1.82) is 0 Å². The maximum absolute atomic E-state index is 12.7. The molecule has 0 amide bonds. The van der Waals surface area contributed by atoms with Crippen molar-refractivity contribution in [3.05, 3.63) is 58.9 Å². The number of imidazole rings is 1. The molecule has 0 aliphatic carbocycles. The highest BCUT2D eigenvalue weighted by molar-refractivity contribution is 7.89. The van der Waals surface area contributed by atoms with Crippen LogP contribution in [-0.4, -0.2) is 32.2 Å². The Labute approximate surface area is 148 Å². The third-order valence-corrected chi connectivity index (χ3v) is 5.78. The van der Waals surface area contributed by atoms with Crippen molar-refractivity contribution in [2.24, 2.45) is 14.1 Å². The summed E-state index contributed by atoms with van der Waals surface area (Å²) in [5.74, 6) is 0. The number of nitrogens with zero attached hydrogens (tertiary/aromatic N) is 5. The van der Waals surface area contributed by atoms with Gasteiger partial charge in [-0.3, -0.25) is 9.13 Å². The molecule has 0 atom stereocenters. The van der Waals surface area contributed by atoms with Crippen LogP contribution in [-0.2, 0) is 30.7 Å². The first-order chi connectivity index (χ1) is 12.4. The molecule has 134 valence electrons. The average Bonchev–Trinajstić information content (AvgIpc) is 3.20. The van der Waals surface area contributed by atoms with Gasteiger partial charge in [0.05, 0.1) is 28.2 Å². The van der Waals surface area contributed by atoms with Crippen LogP contribution in [0.5, 0.6) is 0 Å². The normalized spacial score (nSPS) is 12.2. The van der Waals surface area contributed by atoms with Crippen LogP contribution in [0.4, 0.5) is 0 Å². The zero-order valence-electron chi connectivity index (χ0n) is 14.1. The van der Waals surface area contributed by atoms with E-state index in [4.69, 9.17) is 0 Å². The molecule has 0 spiro atoms. The number of aryl methyl sites for hydroxylation is 2. The second-order valence-electron chi connectivity index (χ2n) is 5.92. The molecule has 4 aromatic rings. The van der Waals surface area contributed by atoms with Gasteiger partial charge in [0.1, 0.15) is 6.33 Å². The Kier molecular flexibility index (Phi) is 3.67. The number of sulfonamides is 1. The molecule has 0 bridgehead atoms. The molecule has 0 saturated carbocycles. The van der Waals surface area contributed by atoms with Crippen LogP contribution < -0.4 is 10.4 Å². The number of nitrogens with one attached hydrogen (secondary N) is 1. The highest BCUT2D eigenvalue weighted by Gasteiger charge is 2.17. The molecule has 4 rings (SSSR count). The molecule has 3 heterocycles. The summed E-state index contributed by atoms with van der Waals surface area (Å²) in [7, 11) is -0.498. The largest absolute Gasteiger partial charge is 0.328 e. The van der Waals surface area contributed by atoms with Gasteiger partial charge in [-0.2, -0.15) is 5.10 Å². The van der Waals surface area contributed by atoms with Crippen LogP contribution in [0.1, 0.15) is 5.69 Å². The van der Waals surface area contributed by atoms with Gasteiger partial charge in [-0.1, -0.05) is 6.07 Å². The number of benzene rings is 1. The Balaban J connectivity index is 1.68. The molecule has 1 N–H and O–H groups in total. The van der Waals surface area contributed by atoms with Crippen molar-refractivity contribution < 1.29 is 8.42 Å². The van der Waals surface area contributed by atoms with Gasteiger partial charge in [0.25, 0.3) is 0 Å². The number of hydrogen-bond acceptors (Lipinski definition) is 5. The minimum absolute atomic E-state index is 0.0643. The summed E-state index contributed by atoms with van der Waals surface area (Å²) in [5.41, 5.74) is 2.32. The van der Waals surface area contributed by atoms with Gasteiger partial charge in [-0.25, -0.2) is 27.4 Å². The summed E-state index contributed by atoms with van der Waals surface area (Å²) >= 11 is 0. The van der Waals surface area contributed by atoms with Gasteiger partial charge in [-0.15, -0.1) is 0 Å². The highest BCUT2D eigenvalue weighted by atomic mass is 32.2. The number of pyridine rings is 1. The second kappa shape index (κ2) is 5.78. The number of rotatable bonds is 4. The van der Waals surface area contributed by atoms with E-state index >= 15 is 0 Å². The van der Waals surface area contributed by atoms with Crippen molar-refractivity contribution in [3.63, 3.8) is 0 Å². The monoisotopic (exact) mass is 372 g/mol. The predicted octanol–water partition coefficient (Wildman–Crippen LogP) is 0.398. The Morgan fingerprint density at radius 2 is 1.85 bits per heavy atom. The molecule has 0 fully saturated rings. The lowest BCUT2D eigenvalue weighted by molar-refractivity contribution is 0.579. The molecule has 0 saturated heterocycles. The van der Waals surface area contributed by atoms with E-state index in [1.165, 1.54) is 27.6 Å². The molecular weight excluding hydrogens is 356 g/mol. The topological polar surface area (TPSA) is 103 Å². The summed E-state index contributed by atoms with van der Waals surface area (Å²) in [5, 5.41) is 4.09. The average molecular weight is 372 g/mol. The van der Waals surface area contributed by atoms with E-state index in [9.17, 15) is 13.2 Å². The van der Waals surface area contributed by atoms with Crippen LogP contribution in [0.3, 0.4) is 0 Å². The summed E-state index contributed by atoms with van der Waals surface area (Å²) in [6, 6.07) is 9.96. The van der Waals surface area contributed by atoms with Gasteiger partial charge in [-0.05, 0) is 30.3 Å². The van der Waals surface area contributed by atoms with Crippen molar-refractivity contribution in [1.82, 2.24) is 28.5 Å². The van der Waals surface area contributed by atoms with Crippen LogP contribution in [0.15, 0.2) is 52.4 Å². The summed E-state index contributed by atoms with van der Waals surface area (Å²) in [6.45, 7) is 0.0643. The summed E-state index contributed by atoms with van der Waals surface area (Å²) < 4.78 is 32.4. The lowest BCUT2D eigenvalue weighted by Gasteiger charge is -2.08. The Bertz CT molecular complexity index is 1300. The van der Waals surface area contributed by atoms with Crippen molar-refractivity contribution in [2.75, 3.05) is 0 Å². The summed E-state index contributed by atoms with van der Waals surface area (Å²) in [6.07, 6.45) is 1.41. The SMILES string of the molecule is Cn1c(=O)n(C)c2cc(S(=O)(=O)NCc3cccc4ncnn34)ccc21. The van der Waals surface area contributed by atoms with E-state index in [0.29, 0.717) is 22.4 Å². The molecule has 26 heavy (non-hydrogen) atoms. The third-order valence-electron chi connectivity index (χ3n) is 4.38. The molecule has 0 radical (unpaired) electrons. The first-order valence-electron chi connectivity index (χ1n) is 7.81. The van der Waals surface area contributed by atoms with E-state index in [1.807, 2.05) is 0 Å². The standard InChI is InChI=1S/C16H16N6O3S/c1-20-13-7-6-12(8-14(13)21(2)16(20)23)26(24,25)19-9-11-4-3-5-15-17-10-18-22(11)15/h3-8,10,19H,9H2,1-2H3. The van der Waals surface area contributed by atoms with E-state index in [1.54, 1.807) is 42.9 Å². The van der Waals surface area contributed by atoms with Gasteiger partial charge < -0.3 is 0 Å². The molecule has 0 aliphatic rings. The van der Waals surface area contributed by atoms with E-state index in [-0.39, 0.29) is 17.1 Å². The minimum Gasteiger partial charge on any atom is -0.295 e. The van der Waals surface area contributed by atoms with Gasteiger partial charge in [0.15, 0.2) is 5.65 Å². The molecule has 9 nitrogen and oxygen atoms in total. The summed E-state index contributed by atoms with van der Waals surface area (Å²) in [4.78, 5) is 16.2. The molecule has 0 aliphatic heterocycles. The zero-order valence-corrected chi connectivity index (χ0v) is 14.9. The third kappa shape index (κ3) is 2.50.